The third-order valence-corrected chi connectivity index (χ3v) is 4.47. The van der Waals surface area contributed by atoms with Crippen molar-refractivity contribution in [2.24, 2.45) is 0 Å². The van der Waals surface area contributed by atoms with Crippen LogP contribution in [-0.4, -0.2) is 49.8 Å². The van der Waals surface area contributed by atoms with Crippen LogP contribution in [-0.2, 0) is 0 Å². The summed E-state index contributed by atoms with van der Waals surface area (Å²) in [6, 6.07) is 7.47. The van der Waals surface area contributed by atoms with Gasteiger partial charge in [0.1, 0.15) is 11.3 Å². The van der Waals surface area contributed by atoms with Gasteiger partial charge in [-0.2, -0.15) is 0 Å². The van der Waals surface area contributed by atoms with Crippen molar-refractivity contribution in [3.63, 3.8) is 0 Å². The average molecular weight is 329 g/mol. The molecule has 0 atom stereocenters. The third-order valence-electron chi connectivity index (χ3n) is 4.47. The van der Waals surface area contributed by atoms with Gasteiger partial charge >= 0.3 is 0 Å². The number of carbonyl (C=O) groups excluding carboxylic acids is 1. The molecule has 1 aliphatic heterocycles. The first-order valence-corrected chi connectivity index (χ1v) is 8.30. The highest BCUT2D eigenvalue weighted by Gasteiger charge is 2.30. The Bertz CT molecular complexity index is 703. The summed E-state index contributed by atoms with van der Waals surface area (Å²) in [6.07, 6.45) is 2.23. The average Bonchev–Trinajstić information content (AvgIpc) is 3.29. The predicted octanol–water partition coefficient (Wildman–Crippen LogP) is 3.04. The lowest BCUT2D eigenvalue weighted by Gasteiger charge is -2.19. The minimum absolute atomic E-state index is 0.0635. The standard InChI is InChI=1S/C18H23N3O3/c1-4-20(2)18(22)15-16(13-7-9-14(23-3)10-8-13)24-19-17(15)21-11-5-6-12-21/h7-10H,4-6,11-12H2,1-3H3. The molecule has 0 radical (unpaired) electrons. The number of rotatable bonds is 5. The first kappa shape index (κ1) is 16.4. The number of carbonyl (C=O) groups is 1. The first-order chi connectivity index (χ1) is 11.7. The van der Waals surface area contributed by atoms with Crippen LogP contribution in [0.5, 0.6) is 5.75 Å². The van der Waals surface area contributed by atoms with E-state index >= 15 is 0 Å². The minimum atomic E-state index is -0.0635. The summed E-state index contributed by atoms with van der Waals surface area (Å²) in [6.45, 7) is 4.40. The first-order valence-electron chi connectivity index (χ1n) is 8.30. The Morgan fingerprint density at radius 3 is 2.54 bits per heavy atom. The van der Waals surface area contributed by atoms with E-state index in [9.17, 15) is 4.79 Å². The lowest BCUT2D eigenvalue weighted by Crippen LogP contribution is -2.29. The molecule has 0 N–H and O–H groups in total. The van der Waals surface area contributed by atoms with Gasteiger partial charge in [-0.25, -0.2) is 0 Å². The van der Waals surface area contributed by atoms with Crippen molar-refractivity contribution in [2.45, 2.75) is 19.8 Å². The summed E-state index contributed by atoms with van der Waals surface area (Å²) in [5.74, 6) is 1.87. The number of amides is 1. The van der Waals surface area contributed by atoms with Crippen molar-refractivity contribution in [3.8, 4) is 17.1 Å². The number of ether oxygens (including phenoxy) is 1. The number of aromatic nitrogens is 1. The summed E-state index contributed by atoms with van der Waals surface area (Å²) < 4.78 is 10.8. The van der Waals surface area contributed by atoms with E-state index in [4.69, 9.17) is 9.26 Å². The van der Waals surface area contributed by atoms with E-state index in [2.05, 4.69) is 10.1 Å². The number of anilines is 1. The Kier molecular flexibility index (Phi) is 4.74. The molecule has 3 rings (SSSR count). The molecule has 24 heavy (non-hydrogen) atoms. The molecule has 0 aliphatic carbocycles. The number of hydrogen-bond acceptors (Lipinski definition) is 5. The van der Waals surface area contributed by atoms with Crippen LogP contribution in [0.3, 0.4) is 0 Å². The summed E-state index contributed by atoms with van der Waals surface area (Å²) in [7, 11) is 3.42. The zero-order valence-electron chi connectivity index (χ0n) is 14.4. The SMILES string of the molecule is CCN(C)C(=O)c1c(N2CCCC2)noc1-c1ccc(OC)cc1. The molecule has 1 aromatic heterocycles. The second-order valence-electron chi connectivity index (χ2n) is 5.95. The molecule has 2 heterocycles. The Hall–Kier alpha value is -2.50. The third kappa shape index (κ3) is 2.96. The van der Waals surface area contributed by atoms with Gasteiger partial charge in [0.15, 0.2) is 11.6 Å². The summed E-state index contributed by atoms with van der Waals surface area (Å²) in [4.78, 5) is 16.7. The maximum atomic E-state index is 12.9. The summed E-state index contributed by atoms with van der Waals surface area (Å²) in [5, 5.41) is 4.23. The molecular formula is C18H23N3O3. The quantitative estimate of drug-likeness (QED) is 0.844. The van der Waals surface area contributed by atoms with Gasteiger partial charge in [-0.1, -0.05) is 5.16 Å². The van der Waals surface area contributed by atoms with Gasteiger partial charge in [0.05, 0.1) is 7.11 Å². The summed E-state index contributed by atoms with van der Waals surface area (Å²) in [5.41, 5.74) is 1.37. The molecule has 2 aromatic rings. The van der Waals surface area contributed by atoms with Crippen molar-refractivity contribution in [2.75, 3.05) is 38.7 Å². The Balaban J connectivity index is 2.05. The van der Waals surface area contributed by atoms with Crippen LogP contribution in [0.1, 0.15) is 30.1 Å². The van der Waals surface area contributed by atoms with Crippen molar-refractivity contribution >= 4 is 11.7 Å². The van der Waals surface area contributed by atoms with E-state index in [0.29, 0.717) is 23.7 Å². The molecule has 0 spiro atoms. The van der Waals surface area contributed by atoms with E-state index in [1.807, 2.05) is 31.2 Å². The van der Waals surface area contributed by atoms with Crippen LogP contribution >= 0.6 is 0 Å². The van der Waals surface area contributed by atoms with Gasteiger partial charge in [0, 0.05) is 32.2 Å². The van der Waals surface area contributed by atoms with E-state index in [-0.39, 0.29) is 5.91 Å². The second kappa shape index (κ2) is 6.95. The molecular weight excluding hydrogens is 306 g/mol. The van der Waals surface area contributed by atoms with E-state index < -0.39 is 0 Å². The fourth-order valence-electron chi connectivity index (χ4n) is 2.89. The van der Waals surface area contributed by atoms with Crippen LogP contribution in [0.25, 0.3) is 11.3 Å². The molecule has 1 amide bonds. The van der Waals surface area contributed by atoms with Crippen LogP contribution in [0.2, 0.25) is 0 Å². The van der Waals surface area contributed by atoms with E-state index in [1.165, 1.54) is 0 Å². The molecule has 6 nitrogen and oxygen atoms in total. The van der Waals surface area contributed by atoms with Gasteiger partial charge in [-0.05, 0) is 44.0 Å². The highest BCUT2D eigenvalue weighted by molar-refractivity contribution is 6.04. The number of hydrogen-bond donors (Lipinski definition) is 0. The number of methoxy groups -OCH3 is 1. The zero-order valence-corrected chi connectivity index (χ0v) is 14.4. The zero-order chi connectivity index (χ0) is 17.1. The Morgan fingerprint density at radius 2 is 1.96 bits per heavy atom. The minimum Gasteiger partial charge on any atom is -0.497 e. The molecule has 1 fully saturated rings. The normalized spacial score (nSPS) is 14.0. The topological polar surface area (TPSA) is 58.8 Å². The van der Waals surface area contributed by atoms with Crippen LogP contribution in [0, 0.1) is 0 Å². The maximum absolute atomic E-state index is 12.9. The fraction of sp³-hybridized carbons (Fsp3) is 0.444. The number of nitrogens with zero attached hydrogens (tertiary/aromatic N) is 3. The molecule has 0 saturated carbocycles. The van der Waals surface area contributed by atoms with Gasteiger partial charge in [0.2, 0.25) is 0 Å². The fourth-order valence-corrected chi connectivity index (χ4v) is 2.89. The van der Waals surface area contributed by atoms with Crippen LogP contribution in [0.4, 0.5) is 5.82 Å². The van der Waals surface area contributed by atoms with E-state index in [1.54, 1.807) is 19.1 Å². The monoisotopic (exact) mass is 329 g/mol. The van der Waals surface area contributed by atoms with Crippen LogP contribution < -0.4 is 9.64 Å². The maximum Gasteiger partial charge on any atom is 0.261 e. The molecule has 1 saturated heterocycles. The second-order valence-corrected chi connectivity index (χ2v) is 5.95. The van der Waals surface area contributed by atoms with Gasteiger partial charge in [0.25, 0.3) is 5.91 Å². The van der Waals surface area contributed by atoms with Crippen molar-refractivity contribution in [1.29, 1.82) is 0 Å². The van der Waals surface area contributed by atoms with Crippen molar-refractivity contribution in [3.05, 3.63) is 29.8 Å². The smallest absolute Gasteiger partial charge is 0.261 e. The van der Waals surface area contributed by atoms with Crippen molar-refractivity contribution < 1.29 is 14.1 Å². The lowest BCUT2D eigenvalue weighted by atomic mass is 10.1. The highest BCUT2D eigenvalue weighted by Crippen LogP contribution is 2.34. The van der Waals surface area contributed by atoms with Crippen LogP contribution in [0.15, 0.2) is 28.8 Å². The van der Waals surface area contributed by atoms with Gasteiger partial charge in [-0.3, -0.25) is 4.79 Å². The molecule has 0 bridgehead atoms. The Labute approximate surface area is 142 Å². The van der Waals surface area contributed by atoms with Crippen molar-refractivity contribution in [1.82, 2.24) is 10.1 Å². The van der Waals surface area contributed by atoms with E-state index in [0.717, 1.165) is 37.2 Å². The molecule has 1 aliphatic rings. The highest BCUT2D eigenvalue weighted by atomic mass is 16.5. The summed E-state index contributed by atoms with van der Waals surface area (Å²) >= 11 is 0. The number of benzene rings is 1. The molecule has 128 valence electrons. The molecule has 0 unspecified atom stereocenters. The largest absolute Gasteiger partial charge is 0.497 e. The lowest BCUT2D eigenvalue weighted by molar-refractivity contribution is 0.0803. The van der Waals surface area contributed by atoms with Gasteiger partial charge in [-0.15, -0.1) is 0 Å². The predicted molar refractivity (Wildman–Crippen MR) is 92.6 cm³/mol. The molecule has 6 heteroatoms. The molecule has 1 aromatic carbocycles. The van der Waals surface area contributed by atoms with Gasteiger partial charge < -0.3 is 19.1 Å². The Morgan fingerprint density at radius 1 is 1.29 bits per heavy atom.